The first-order chi connectivity index (χ1) is 10.9. The van der Waals surface area contributed by atoms with Crippen LogP contribution in [0.5, 0.6) is 0 Å². The number of hydrogen-bond donors (Lipinski definition) is 1. The summed E-state index contributed by atoms with van der Waals surface area (Å²) in [4.78, 5) is 4.26. The first-order valence-corrected chi connectivity index (χ1v) is 7.48. The molecule has 0 unspecified atom stereocenters. The van der Waals surface area contributed by atoms with Crippen molar-refractivity contribution in [3.05, 3.63) is 59.3 Å². The van der Waals surface area contributed by atoms with Gasteiger partial charge in [-0.05, 0) is 32.8 Å². The van der Waals surface area contributed by atoms with Crippen LogP contribution in [-0.4, -0.2) is 25.0 Å². The van der Waals surface area contributed by atoms with Crippen molar-refractivity contribution in [3.8, 4) is 0 Å². The van der Waals surface area contributed by atoms with Crippen LogP contribution in [0.4, 0.5) is 0 Å². The van der Waals surface area contributed by atoms with Crippen LogP contribution in [0, 0.1) is 13.8 Å². The van der Waals surface area contributed by atoms with Gasteiger partial charge in [-0.25, -0.2) is 9.67 Å². The van der Waals surface area contributed by atoms with Gasteiger partial charge in [0.2, 0.25) is 11.8 Å². The lowest BCUT2D eigenvalue weighted by Gasteiger charge is -2.20. The Morgan fingerprint density at radius 2 is 1.91 bits per heavy atom. The third-order valence-corrected chi connectivity index (χ3v) is 3.62. The molecule has 0 spiro atoms. The van der Waals surface area contributed by atoms with Crippen LogP contribution in [0.1, 0.15) is 35.9 Å². The van der Waals surface area contributed by atoms with Gasteiger partial charge in [-0.2, -0.15) is 5.10 Å². The number of aromatic nitrogens is 5. The Morgan fingerprint density at radius 3 is 2.57 bits per heavy atom. The number of hydrogen-bond acceptors (Lipinski definition) is 6. The zero-order valence-corrected chi connectivity index (χ0v) is 13.5. The molecular formula is C16H20N6O. The van der Waals surface area contributed by atoms with Gasteiger partial charge < -0.3 is 10.2 Å². The van der Waals surface area contributed by atoms with E-state index >= 15 is 0 Å². The molecule has 0 aliphatic rings. The smallest absolute Gasteiger partial charge is 0.238 e. The minimum Gasteiger partial charge on any atom is -0.421 e. The Labute approximate surface area is 134 Å². The second kappa shape index (κ2) is 5.92. The van der Waals surface area contributed by atoms with Crippen molar-refractivity contribution in [1.29, 1.82) is 0 Å². The van der Waals surface area contributed by atoms with E-state index in [0.29, 0.717) is 24.7 Å². The molecule has 120 valence electrons. The number of aryl methyl sites for hydroxylation is 2. The van der Waals surface area contributed by atoms with Gasteiger partial charge in [0.25, 0.3) is 0 Å². The van der Waals surface area contributed by atoms with Gasteiger partial charge in [0.05, 0.1) is 5.54 Å². The van der Waals surface area contributed by atoms with Crippen molar-refractivity contribution in [3.63, 3.8) is 0 Å². The third-order valence-electron chi connectivity index (χ3n) is 3.62. The molecule has 2 N–H and O–H groups in total. The highest BCUT2D eigenvalue weighted by atomic mass is 16.4. The van der Waals surface area contributed by atoms with Gasteiger partial charge in [0.15, 0.2) is 0 Å². The van der Waals surface area contributed by atoms with Crippen molar-refractivity contribution in [2.75, 3.05) is 0 Å². The van der Waals surface area contributed by atoms with Gasteiger partial charge in [-0.3, -0.25) is 0 Å². The van der Waals surface area contributed by atoms with Crippen LogP contribution < -0.4 is 5.73 Å². The highest BCUT2D eigenvalue weighted by Crippen LogP contribution is 2.22. The molecule has 3 rings (SSSR count). The third kappa shape index (κ3) is 3.45. The maximum Gasteiger partial charge on any atom is 0.238 e. The predicted octanol–water partition coefficient (Wildman–Crippen LogP) is 1.74. The van der Waals surface area contributed by atoms with Gasteiger partial charge in [-0.15, -0.1) is 10.2 Å². The number of rotatable bonds is 5. The molecule has 0 saturated heterocycles. The van der Waals surface area contributed by atoms with Crippen LogP contribution in [0.3, 0.4) is 0 Å². The molecule has 1 aromatic carbocycles. The van der Waals surface area contributed by atoms with Crippen LogP contribution in [0.25, 0.3) is 0 Å². The van der Waals surface area contributed by atoms with E-state index in [1.54, 1.807) is 4.68 Å². The lowest BCUT2D eigenvalue weighted by Crippen LogP contribution is -2.35. The zero-order valence-electron chi connectivity index (χ0n) is 13.5. The van der Waals surface area contributed by atoms with Crippen molar-refractivity contribution in [2.24, 2.45) is 5.73 Å². The first kappa shape index (κ1) is 15.4. The Morgan fingerprint density at radius 1 is 1.17 bits per heavy atom. The fraction of sp³-hybridized carbons (Fsp3) is 0.375. The topological polar surface area (TPSA) is 95.7 Å². The minimum absolute atomic E-state index is 0.390. The van der Waals surface area contributed by atoms with Crippen molar-refractivity contribution >= 4 is 0 Å². The average Bonchev–Trinajstić information content (AvgIpc) is 3.08. The molecule has 0 bridgehead atoms. The SMILES string of the molecule is Cc1nc(C)n(Cc2nnc([C@](C)(N)Cc3ccccc3)o2)n1. The molecule has 2 aromatic heterocycles. The minimum atomic E-state index is -0.722. The molecule has 23 heavy (non-hydrogen) atoms. The quantitative estimate of drug-likeness (QED) is 0.771. The summed E-state index contributed by atoms with van der Waals surface area (Å²) >= 11 is 0. The summed E-state index contributed by atoms with van der Waals surface area (Å²) in [5.74, 6) is 2.42. The van der Waals surface area contributed by atoms with Crippen LogP contribution in [-0.2, 0) is 18.5 Å². The molecule has 0 radical (unpaired) electrons. The number of nitrogens with two attached hydrogens (primary N) is 1. The molecule has 0 fully saturated rings. The fourth-order valence-corrected chi connectivity index (χ4v) is 2.48. The highest BCUT2D eigenvalue weighted by Gasteiger charge is 2.28. The first-order valence-electron chi connectivity index (χ1n) is 7.48. The van der Waals surface area contributed by atoms with Crippen molar-refractivity contribution < 1.29 is 4.42 Å². The second-order valence-electron chi connectivity index (χ2n) is 5.94. The second-order valence-corrected chi connectivity index (χ2v) is 5.94. The van der Waals surface area contributed by atoms with E-state index in [1.807, 2.05) is 51.1 Å². The van der Waals surface area contributed by atoms with Gasteiger partial charge >= 0.3 is 0 Å². The maximum atomic E-state index is 6.38. The largest absolute Gasteiger partial charge is 0.421 e. The molecule has 7 nitrogen and oxygen atoms in total. The van der Waals surface area contributed by atoms with Crippen LogP contribution in [0.15, 0.2) is 34.7 Å². The molecule has 3 aromatic rings. The molecule has 2 heterocycles. The van der Waals surface area contributed by atoms with Crippen LogP contribution >= 0.6 is 0 Å². The van der Waals surface area contributed by atoms with E-state index in [1.165, 1.54) is 0 Å². The van der Waals surface area contributed by atoms with Crippen LogP contribution in [0.2, 0.25) is 0 Å². The maximum absolute atomic E-state index is 6.38. The monoisotopic (exact) mass is 312 g/mol. The predicted molar refractivity (Wildman–Crippen MR) is 84.6 cm³/mol. The van der Waals surface area contributed by atoms with E-state index < -0.39 is 5.54 Å². The molecule has 0 saturated carbocycles. The summed E-state index contributed by atoms with van der Waals surface area (Å²) in [6.07, 6.45) is 0.622. The van der Waals surface area contributed by atoms with Gasteiger partial charge in [0.1, 0.15) is 18.2 Å². The Bertz CT molecular complexity index is 790. The zero-order chi connectivity index (χ0) is 16.4. The van der Waals surface area contributed by atoms with E-state index in [2.05, 4.69) is 20.3 Å². The Hall–Kier alpha value is -2.54. The summed E-state index contributed by atoms with van der Waals surface area (Å²) in [5.41, 5.74) is 6.78. The van der Waals surface area contributed by atoms with E-state index in [4.69, 9.17) is 10.2 Å². The summed E-state index contributed by atoms with van der Waals surface area (Å²) in [6, 6.07) is 10.0. The molecule has 0 aliphatic carbocycles. The molecule has 0 amide bonds. The Kier molecular flexibility index (Phi) is 3.96. The summed E-state index contributed by atoms with van der Waals surface area (Å²) in [5, 5.41) is 12.5. The van der Waals surface area contributed by atoms with Crippen molar-refractivity contribution in [2.45, 2.75) is 39.3 Å². The molecule has 0 aliphatic heterocycles. The number of nitrogens with zero attached hydrogens (tertiary/aromatic N) is 5. The average molecular weight is 312 g/mol. The highest BCUT2D eigenvalue weighted by molar-refractivity contribution is 5.19. The van der Waals surface area contributed by atoms with E-state index in [0.717, 1.165) is 17.2 Å². The van der Waals surface area contributed by atoms with Gasteiger partial charge in [0, 0.05) is 0 Å². The van der Waals surface area contributed by atoms with Crippen molar-refractivity contribution in [1.82, 2.24) is 25.0 Å². The molecule has 7 heteroatoms. The number of benzene rings is 1. The standard InChI is InChI=1S/C16H20N6O/c1-11-18-12(2)22(21-11)10-14-19-20-15(23-14)16(3,17)9-13-7-5-4-6-8-13/h4-8H,9-10,17H2,1-3H3/t16-/m1/s1. The van der Waals surface area contributed by atoms with E-state index in [9.17, 15) is 0 Å². The summed E-state index contributed by atoms with van der Waals surface area (Å²) in [6.45, 7) is 6.02. The van der Waals surface area contributed by atoms with E-state index in [-0.39, 0.29) is 0 Å². The van der Waals surface area contributed by atoms with Gasteiger partial charge in [-0.1, -0.05) is 30.3 Å². The summed E-state index contributed by atoms with van der Waals surface area (Å²) < 4.78 is 7.49. The molecular weight excluding hydrogens is 292 g/mol. The normalized spacial score (nSPS) is 13.9. The Balaban J connectivity index is 1.76. The summed E-state index contributed by atoms with van der Waals surface area (Å²) in [7, 11) is 0. The lowest BCUT2D eigenvalue weighted by molar-refractivity contribution is 0.331. The molecule has 1 atom stereocenters. The lowest BCUT2D eigenvalue weighted by atomic mass is 9.94. The fourth-order valence-electron chi connectivity index (χ4n) is 2.48.